The maximum atomic E-state index is 6.16. The van der Waals surface area contributed by atoms with Crippen LogP contribution in [-0.2, 0) is 0 Å². The molecule has 0 radical (unpaired) electrons. The van der Waals surface area contributed by atoms with Crippen LogP contribution in [0.1, 0.15) is 0 Å². The molecule has 0 N–H and O–H groups in total. The molecule has 1 nitrogen and oxygen atoms in total. The van der Waals surface area contributed by atoms with E-state index >= 15 is 0 Å². The molecule has 0 aliphatic rings. The molecule has 4 aromatic rings. The second kappa shape index (κ2) is 4.66. The highest BCUT2D eigenvalue weighted by Crippen LogP contribution is 2.37. The van der Waals surface area contributed by atoms with Gasteiger partial charge in [-0.2, -0.15) is 0 Å². The molecule has 0 fully saturated rings. The fraction of sp³-hybridized carbons (Fsp3) is 0. The first-order valence-corrected chi connectivity index (χ1v) is 7.42. The Balaban J connectivity index is 1.85. The third-order valence-electron chi connectivity index (χ3n) is 3.41. The molecule has 1 aromatic heterocycles. The second-order valence-corrected chi connectivity index (χ2v) is 5.59. The van der Waals surface area contributed by atoms with E-state index in [1.807, 2.05) is 30.3 Å². The minimum absolute atomic E-state index is 0.909. The van der Waals surface area contributed by atoms with Crippen LogP contribution in [0.5, 0.6) is 11.5 Å². The zero-order chi connectivity index (χ0) is 13.4. The van der Waals surface area contributed by atoms with Gasteiger partial charge in [-0.15, -0.1) is 11.3 Å². The maximum absolute atomic E-state index is 6.16. The summed E-state index contributed by atoms with van der Waals surface area (Å²) < 4.78 is 7.41. The fourth-order valence-corrected chi connectivity index (χ4v) is 3.30. The Hall–Kier alpha value is -2.32. The van der Waals surface area contributed by atoms with Crippen molar-refractivity contribution in [1.82, 2.24) is 0 Å². The molecular weight excluding hydrogens is 264 g/mol. The zero-order valence-corrected chi connectivity index (χ0v) is 11.6. The van der Waals surface area contributed by atoms with E-state index < -0.39 is 0 Å². The third kappa shape index (κ3) is 1.86. The summed E-state index contributed by atoms with van der Waals surface area (Å²) in [6.07, 6.45) is 0. The first kappa shape index (κ1) is 11.5. The Morgan fingerprint density at radius 2 is 1.40 bits per heavy atom. The van der Waals surface area contributed by atoms with Crippen LogP contribution in [0.4, 0.5) is 0 Å². The van der Waals surface area contributed by atoms with Crippen molar-refractivity contribution in [3.05, 3.63) is 72.1 Å². The molecule has 0 spiro atoms. The van der Waals surface area contributed by atoms with Gasteiger partial charge in [-0.1, -0.05) is 48.5 Å². The molecule has 3 aromatic carbocycles. The summed E-state index contributed by atoms with van der Waals surface area (Å²) >= 11 is 1.71. The van der Waals surface area contributed by atoms with Gasteiger partial charge in [-0.05, 0) is 23.6 Å². The van der Waals surface area contributed by atoms with Gasteiger partial charge in [0.15, 0.2) is 0 Å². The average molecular weight is 276 g/mol. The van der Waals surface area contributed by atoms with Crippen molar-refractivity contribution in [3.63, 3.8) is 0 Å². The van der Waals surface area contributed by atoms with Gasteiger partial charge in [0.2, 0.25) is 0 Å². The number of hydrogen-bond acceptors (Lipinski definition) is 2. The predicted octanol–water partition coefficient (Wildman–Crippen LogP) is 5.85. The topological polar surface area (TPSA) is 9.23 Å². The van der Waals surface area contributed by atoms with E-state index in [1.54, 1.807) is 11.3 Å². The lowest BCUT2D eigenvalue weighted by molar-refractivity contribution is 0.496. The van der Waals surface area contributed by atoms with Gasteiger partial charge < -0.3 is 4.74 Å². The summed E-state index contributed by atoms with van der Waals surface area (Å²) in [6, 6.07) is 22.8. The van der Waals surface area contributed by atoms with Crippen molar-refractivity contribution < 1.29 is 4.74 Å². The van der Waals surface area contributed by atoms with Crippen LogP contribution in [0.15, 0.2) is 72.1 Å². The van der Waals surface area contributed by atoms with Crippen molar-refractivity contribution in [2.45, 2.75) is 0 Å². The maximum Gasteiger partial charge on any atom is 0.145 e. The number of thiophene rings is 1. The van der Waals surface area contributed by atoms with Crippen LogP contribution in [0.25, 0.3) is 20.9 Å². The standard InChI is InChI=1S/C18H12OS/c1-2-8-14-13(6-1)7-5-10-16(14)19-17-12-20-18-11-4-3-9-15(17)18/h1-12H. The van der Waals surface area contributed by atoms with Crippen LogP contribution in [0.3, 0.4) is 0 Å². The van der Waals surface area contributed by atoms with Crippen molar-refractivity contribution >= 4 is 32.2 Å². The molecule has 0 unspecified atom stereocenters. The van der Waals surface area contributed by atoms with Crippen molar-refractivity contribution in [3.8, 4) is 11.5 Å². The summed E-state index contributed by atoms with van der Waals surface area (Å²) in [5.74, 6) is 1.84. The van der Waals surface area contributed by atoms with E-state index in [0.717, 1.165) is 16.9 Å². The number of rotatable bonds is 2. The molecule has 0 saturated carbocycles. The molecule has 4 rings (SSSR count). The summed E-state index contributed by atoms with van der Waals surface area (Å²) in [5, 5.41) is 5.59. The molecule has 0 amide bonds. The summed E-state index contributed by atoms with van der Waals surface area (Å²) in [7, 11) is 0. The van der Waals surface area contributed by atoms with Gasteiger partial charge in [0.1, 0.15) is 11.5 Å². The summed E-state index contributed by atoms with van der Waals surface area (Å²) in [4.78, 5) is 0. The van der Waals surface area contributed by atoms with E-state index in [9.17, 15) is 0 Å². The molecule has 2 heteroatoms. The Bertz CT molecular complexity index is 887. The highest BCUT2D eigenvalue weighted by molar-refractivity contribution is 7.17. The van der Waals surface area contributed by atoms with E-state index in [0.29, 0.717) is 0 Å². The third-order valence-corrected chi connectivity index (χ3v) is 4.36. The molecular formula is C18H12OS. The minimum atomic E-state index is 0.909. The lowest BCUT2D eigenvalue weighted by Gasteiger charge is -2.08. The first-order chi connectivity index (χ1) is 9.92. The number of ether oxygens (including phenoxy) is 1. The Kier molecular flexibility index (Phi) is 2.68. The van der Waals surface area contributed by atoms with Gasteiger partial charge >= 0.3 is 0 Å². The van der Waals surface area contributed by atoms with E-state index in [-0.39, 0.29) is 0 Å². The normalized spacial score (nSPS) is 11.0. The minimum Gasteiger partial charge on any atom is -0.455 e. The number of fused-ring (bicyclic) bond motifs is 2. The van der Waals surface area contributed by atoms with Crippen LogP contribution in [-0.4, -0.2) is 0 Å². The summed E-state index contributed by atoms with van der Waals surface area (Å²) in [5.41, 5.74) is 0. The van der Waals surface area contributed by atoms with Crippen molar-refractivity contribution in [2.24, 2.45) is 0 Å². The smallest absolute Gasteiger partial charge is 0.145 e. The average Bonchev–Trinajstić information content (AvgIpc) is 2.91. The monoisotopic (exact) mass is 276 g/mol. The second-order valence-electron chi connectivity index (χ2n) is 4.68. The molecule has 96 valence electrons. The largest absolute Gasteiger partial charge is 0.455 e. The van der Waals surface area contributed by atoms with Crippen LogP contribution >= 0.6 is 11.3 Å². The molecule has 0 aliphatic carbocycles. The van der Waals surface area contributed by atoms with Crippen LogP contribution in [0, 0.1) is 0 Å². The molecule has 20 heavy (non-hydrogen) atoms. The zero-order valence-electron chi connectivity index (χ0n) is 10.7. The van der Waals surface area contributed by atoms with E-state index in [1.165, 1.54) is 15.5 Å². The molecule has 1 heterocycles. The SMILES string of the molecule is c1ccc2c(Oc3csc4ccccc34)cccc2c1. The van der Waals surface area contributed by atoms with Gasteiger partial charge in [0.25, 0.3) is 0 Å². The van der Waals surface area contributed by atoms with E-state index in [2.05, 4.69) is 41.8 Å². The Labute approximate surface area is 121 Å². The molecule has 0 saturated heterocycles. The Morgan fingerprint density at radius 3 is 2.35 bits per heavy atom. The highest BCUT2D eigenvalue weighted by Gasteiger charge is 2.07. The van der Waals surface area contributed by atoms with Crippen molar-refractivity contribution in [2.75, 3.05) is 0 Å². The molecule has 0 bridgehead atoms. The van der Waals surface area contributed by atoms with Gasteiger partial charge in [0.05, 0.1) is 0 Å². The quantitative estimate of drug-likeness (QED) is 0.446. The Morgan fingerprint density at radius 1 is 0.650 bits per heavy atom. The first-order valence-electron chi connectivity index (χ1n) is 6.54. The van der Waals surface area contributed by atoms with Crippen LogP contribution in [0.2, 0.25) is 0 Å². The number of hydrogen-bond donors (Lipinski definition) is 0. The molecule has 0 atom stereocenters. The number of benzene rings is 3. The van der Waals surface area contributed by atoms with Crippen molar-refractivity contribution in [1.29, 1.82) is 0 Å². The highest BCUT2D eigenvalue weighted by atomic mass is 32.1. The van der Waals surface area contributed by atoms with E-state index in [4.69, 9.17) is 4.74 Å². The summed E-state index contributed by atoms with van der Waals surface area (Å²) in [6.45, 7) is 0. The lowest BCUT2D eigenvalue weighted by atomic mass is 10.1. The fourth-order valence-electron chi connectivity index (χ4n) is 2.44. The van der Waals surface area contributed by atoms with Crippen LogP contribution < -0.4 is 4.74 Å². The van der Waals surface area contributed by atoms with Gasteiger partial charge in [-0.25, -0.2) is 0 Å². The van der Waals surface area contributed by atoms with Gasteiger partial charge in [0, 0.05) is 20.9 Å². The molecule has 0 aliphatic heterocycles. The lowest BCUT2D eigenvalue weighted by Crippen LogP contribution is -1.84. The van der Waals surface area contributed by atoms with Gasteiger partial charge in [-0.3, -0.25) is 0 Å². The predicted molar refractivity (Wildman–Crippen MR) is 85.8 cm³/mol.